The molecule has 2 saturated carbocycles. The van der Waals surface area contributed by atoms with Gasteiger partial charge in [-0.3, -0.25) is 0 Å². The third kappa shape index (κ3) is 2.29. The number of benzene rings is 1. The Balaban J connectivity index is 1.73. The molecule has 1 aliphatic heterocycles. The molecule has 0 N–H and O–H groups in total. The molecule has 0 saturated heterocycles. The molecule has 2 fully saturated rings. The lowest BCUT2D eigenvalue weighted by Crippen LogP contribution is -2.14. The van der Waals surface area contributed by atoms with Crippen LogP contribution < -0.4 is 0 Å². The van der Waals surface area contributed by atoms with E-state index in [4.69, 9.17) is 23.2 Å². The molecule has 5 heteroatoms. The number of hydrogen-bond donors (Lipinski definition) is 0. The van der Waals surface area contributed by atoms with E-state index in [1.165, 1.54) is 25.7 Å². The van der Waals surface area contributed by atoms with E-state index in [1.54, 1.807) is 18.2 Å². The molecule has 102 valence electrons. The maximum atomic E-state index is 6.14. The van der Waals surface area contributed by atoms with Crippen molar-refractivity contribution in [1.82, 2.24) is 0 Å². The summed E-state index contributed by atoms with van der Waals surface area (Å²) >= 11 is 12.3. The van der Waals surface area contributed by atoms with Gasteiger partial charge in [0.25, 0.3) is 5.96 Å². The van der Waals surface area contributed by atoms with Crippen molar-refractivity contribution < 1.29 is 0 Å². The summed E-state index contributed by atoms with van der Waals surface area (Å²) in [5.74, 6) is 1.70. The molecule has 1 aromatic rings. The van der Waals surface area contributed by atoms with Gasteiger partial charge in [-0.2, -0.15) is 0 Å². The Labute approximate surface area is 127 Å². The summed E-state index contributed by atoms with van der Waals surface area (Å²) < 4.78 is 0. The van der Waals surface area contributed by atoms with Crippen molar-refractivity contribution in [3.8, 4) is 0 Å². The van der Waals surface area contributed by atoms with E-state index in [0.29, 0.717) is 33.5 Å². The molecule has 3 aliphatic rings. The summed E-state index contributed by atoms with van der Waals surface area (Å²) in [5.41, 5.74) is 2.88. The molecule has 0 atom stereocenters. The zero-order valence-electron chi connectivity index (χ0n) is 10.8. The number of hydrogen-bond acceptors (Lipinski definition) is 1. The molecule has 0 aromatic heterocycles. The van der Waals surface area contributed by atoms with Crippen molar-refractivity contribution in [3.05, 3.63) is 28.2 Å². The maximum absolute atomic E-state index is 6.14. The highest BCUT2D eigenvalue weighted by Gasteiger charge is 2.40. The van der Waals surface area contributed by atoms with Crippen molar-refractivity contribution in [3.63, 3.8) is 0 Å². The first-order chi connectivity index (χ1) is 9.72. The van der Waals surface area contributed by atoms with Gasteiger partial charge in [-0.1, -0.05) is 29.3 Å². The number of halogens is 2. The van der Waals surface area contributed by atoms with Gasteiger partial charge < -0.3 is 0 Å². The van der Waals surface area contributed by atoms with Crippen LogP contribution in [-0.2, 0) is 0 Å². The average molecular weight is 306 g/mol. The second-order valence-corrected chi connectivity index (χ2v) is 6.34. The Morgan fingerprint density at radius 2 is 1.40 bits per heavy atom. The van der Waals surface area contributed by atoms with E-state index in [1.807, 2.05) is 0 Å². The molecule has 3 nitrogen and oxygen atoms in total. The van der Waals surface area contributed by atoms with Crippen LogP contribution in [0.25, 0.3) is 0 Å². The van der Waals surface area contributed by atoms with E-state index in [9.17, 15) is 0 Å². The standard InChI is InChI=1S/C15H13Cl2N3/c16-10-2-1-3-11(17)14(10)20-15-18-12(8-4-5-8)13(19-15)9-6-7-9/h1-3,8-9H,4-7H2. The topological polar surface area (TPSA) is 37.1 Å². The zero-order chi connectivity index (χ0) is 13.7. The molecule has 2 aliphatic carbocycles. The zero-order valence-corrected chi connectivity index (χ0v) is 12.3. The third-order valence-electron chi connectivity index (χ3n) is 3.78. The minimum absolute atomic E-state index is 0.504. The van der Waals surface area contributed by atoms with Gasteiger partial charge >= 0.3 is 0 Å². The van der Waals surface area contributed by atoms with Crippen molar-refractivity contribution in [2.45, 2.75) is 25.7 Å². The van der Waals surface area contributed by atoms with Crippen LogP contribution in [0.4, 0.5) is 5.69 Å². The van der Waals surface area contributed by atoms with E-state index in [-0.39, 0.29) is 0 Å². The van der Waals surface area contributed by atoms with Crippen LogP contribution in [0.1, 0.15) is 25.7 Å². The van der Waals surface area contributed by atoms with Crippen LogP contribution in [0, 0.1) is 11.8 Å². The van der Waals surface area contributed by atoms with Crippen LogP contribution in [-0.4, -0.2) is 17.4 Å². The van der Waals surface area contributed by atoms with Crippen LogP contribution >= 0.6 is 23.2 Å². The maximum Gasteiger partial charge on any atom is 0.250 e. The molecule has 20 heavy (non-hydrogen) atoms. The first kappa shape index (κ1) is 12.5. The monoisotopic (exact) mass is 305 g/mol. The summed E-state index contributed by atoms with van der Waals surface area (Å²) in [6.45, 7) is 0. The van der Waals surface area contributed by atoms with Crippen molar-refractivity contribution >= 4 is 46.3 Å². The van der Waals surface area contributed by atoms with Gasteiger partial charge in [-0.15, -0.1) is 0 Å². The van der Waals surface area contributed by atoms with Gasteiger partial charge in [-0.25, -0.2) is 15.0 Å². The summed E-state index contributed by atoms with van der Waals surface area (Å²) in [5, 5.41) is 1.06. The fourth-order valence-electron chi connectivity index (χ4n) is 2.42. The second kappa shape index (κ2) is 4.68. The normalized spacial score (nSPS) is 21.8. The Bertz CT molecular complexity index is 617. The number of para-hydroxylation sites is 1. The quantitative estimate of drug-likeness (QED) is 0.776. The minimum atomic E-state index is 0.504. The summed E-state index contributed by atoms with van der Waals surface area (Å²) in [4.78, 5) is 13.7. The SMILES string of the molecule is Clc1cccc(Cl)c1N=C1N=C(C2CC2)C(C2CC2)=N1. The fourth-order valence-corrected chi connectivity index (χ4v) is 2.90. The van der Waals surface area contributed by atoms with E-state index in [2.05, 4.69) is 15.0 Å². The van der Waals surface area contributed by atoms with Gasteiger partial charge in [0, 0.05) is 11.8 Å². The second-order valence-electron chi connectivity index (χ2n) is 5.52. The smallest absolute Gasteiger partial charge is 0.214 e. The summed E-state index contributed by atoms with van der Waals surface area (Å²) in [7, 11) is 0. The van der Waals surface area contributed by atoms with E-state index in [0.717, 1.165) is 11.4 Å². The lowest BCUT2D eigenvalue weighted by molar-refractivity contribution is 1.17. The summed E-state index contributed by atoms with van der Waals surface area (Å²) in [6.07, 6.45) is 4.91. The molecule has 1 heterocycles. The minimum Gasteiger partial charge on any atom is -0.214 e. The molecular formula is C15H13Cl2N3. The molecule has 0 bridgehead atoms. The molecule has 1 aromatic carbocycles. The Morgan fingerprint density at radius 3 is 1.85 bits per heavy atom. The molecule has 0 spiro atoms. The van der Waals surface area contributed by atoms with Crippen LogP contribution in [0.5, 0.6) is 0 Å². The van der Waals surface area contributed by atoms with Crippen LogP contribution in [0.2, 0.25) is 10.0 Å². The van der Waals surface area contributed by atoms with Crippen molar-refractivity contribution in [2.75, 3.05) is 0 Å². The van der Waals surface area contributed by atoms with Gasteiger partial charge in [-0.05, 0) is 37.8 Å². The molecule has 0 amide bonds. The highest BCUT2D eigenvalue weighted by atomic mass is 35.5. The lowest BCUT2D eigenvalue weighted by Gasteiger charge is -1.99. The average Bonchev–Trinajstić information content (AvgIpc) is 3.32. The third-order valence-corrected chi connectivity index (χ3v) is 4.39. The predicted molar refractivity (Wildman–Crippen MR) is 83.9 cm³/mol. The Kier molecular flexibility index (Phi) is 2.93. The highest BCUT2D eigenvalue weighted by molar-refractivity contribution is 6.50. The first-order valence-electron chi connectivity index (χ1n) is 6.92. The predicted octanol–water partition coefficient (Wildman–Crippen LogP) is 4.70. The fraction of sp³-hybridized carbons (Fsp3) is 0.400. The number of nitrogens with zero attached hydrogens (tertiary/aromatic N) is 3. The van der Waals surface area contributed by atoms with E-state index < -0.39 is 0 Å². The lowest BCUT2D eigenvalue weighted by atomic mass is 10.1. The number of guanidine groups is 1. The number of aliphatic imine (C=N–C) groups is 3. The van der Waals surface area contributed by atoms with Gasteiger partial charge in [0.05, 0.1) is 21.5 Å². The van der Waals surface area contributed by atoms with Gasteiger partial charge in [0.1, 0.15) is 5.69 Å². The molecule has 0 radical (unpaired) electrons. The van der Waals surface area contributed by atoms with E-state index >= 15 is 0 Å². The van der Waals surface area contributed by atoms with Gasteiger partial charge in [0.2, 0.25) is 0 Å². The molecule has 0 unspecified atom stereocenters. The van der Waals surface area contributed by atoms with Crippen molar-refractivity contribution in [2.24, 2.45) is 26.8 Å². The summed E-state index contributed by atoms with van der Waals surface area (Å²) in [6, 6.07) is 5.36. The van der Waals surface area contributed by atoms with Crippen molar-refractivity contribution in [1.29, 1.82) is 0 Å². The first-order valence-corrected chi connectivity index (χ1v) is 7.68. The molecule has 4 rings (SSSR count). The highest BCUT2D eigenvalue weighted by Crippen LogP contribution is 2.40. The largest absolute Gasteiger partial charge is 0.250 e. The Morgan fingerprint density at radius 1 is 0.900 bits per heavy atom. The van der Waals surface area contributed by atoms with Crippen LogP contribution in [0.3, 0.4) is 0 Å². The van der Waals surface area contributed by atoms with Crippen LogP contribution in [0.15, 0.2) is 33.2 Å². The van der Waals surface area contributed by atoms with Gasteiger partial charge in [0.15, 0.2) is 0 Å². The number of rotatable bonds is 3. The molecular weight excluding hydrogens is 293 g/mol. The Hall–Kier alpha value is -1.19.